The minimum absolute atomic E-state index is 0.260. The third-order valence-electron chi connectivity index (χ3n) is 4.94. The quantitative estimate of drug-likeness (QED) is 0.511. The molecule has 1 atom stereocenters. The van der Waals surface area contributed by atoms with E-state index >= 15 is 0 Å². The highest BCUT2D eigenvalue weighted by atomic mass is 35.5. The third kappa shape index (κ3) is 6.50. The fourth-order valence-electron chi connectivity index (χ4n) is 3.15. The number of carbonyl (C=O) groups is 4. The second-order valence-corrected chi connectivity index (χ2v) is 9.33. The smallest absolute Gasteiger partial charge is 0.313 e. The van der Waals surface area contributed by atoms with Crippen LogP contribution in [0.4, 0.5) is 5.69 Å². The molecule has 1 aliphatic heterocycles. The zero-order chi connectivity index (χ0) is 24.1. The van der Waals surface area contributed by atoms with Crippen molar-refractivity contribution in [2.24, 2.45) is 0 Å². The number of hydrogen-bond acceptors (Lipinski definition) is 7. The maximum atomic E-state index is 12.8. The van der Waals surface area contributed by atoms with Gasteiger partial charge in [0, 0.05) is 55.7 Å². The minimum Gasteiger partial charge on any atom is -0.347 e. The standard InChI is InChI=1S/C21H25ClN6O4S/c1-27(2)21(32)15(10-23-17(29)18(30)24-13-6-4-12(22)5-7-13)25-19(31)20-26-14-8-9-28(3)11-16(14)33-20/h4-7,15H,8-11H2,1-3H3,(H,23,29)(H,24,30)(H,25,31)/t15-/m0/s1. The van der Waals surface area contributed by atoms with Crippen molar-refractivity contribution >= 4 is 52.3 Å². The lowest BCUT2D eigenvalue weighted by Gasteiger charge is -2.21. The molecule has 0 spiro atoms. The Labute approximate surface area is 200 Å². The summed E-state index contributed by atoms with van der Waals surface area (Å²) >= 11 is 7.09. The molecule has 0 bridgehead atoms. The molecule has 1 aliphatic rings. The Morgan fingerprint density at radius 2 is 1.88 bits per heavy atom. The molecule has 4 amide bonds. The van der Waals surface area contributed by atoms with Gasteiger partial charge >= 0.3 is 11.8 Å². The maximum absolute atomic E-state index is 12.8. The second kappa shape index (κ2) is 10.7. The Bertz CT molecular complexity index is 1060. The first kappa shape index (κ1) is 24.6. The van der Waals surface area contributed by atoms with Crippen LogP contribution in [0.25, 0.3) is 0 Å². The van der Waals surface area contributed by atoms with Crippen LogP contribution in [0.3, 0.4) is 0 Å². The molecule has 33 heavy (non-hydrogen) atoms. The average Bonchev–Trinajstić information content (AvgIpc) is 3.20. The number of benzene rings is 1. The van der Waals surface area contributed by atoms with Crippen molar-refractivity contribution in [1.29, 1.82) is 0 Å². The molecule has 0 unspecified atom stereocenters. The first-order valence-corrected chi connectivity index (χ1v) is 11.4. The van der Waals surface area contributed by atoms with E-state index in [0.717, 1.165) is 30.1 Å². The van der Waals surface area contributed by atoms with Gasteiger partial charge in [-0.05, 0) is 31.3 Å². The molecule has 0 saturated carbocycles. The van der Waals surface area contributed by atoms with Crippen molar-refractivity contribution in [1.82, 2.24) is 25.4 Å². The summed E-state index contributed by atoms with van der Waals surface area (Å²) in [5.74, 6) is -2.78. The summed E-state index contributed by atoms with van der Waals surface area (Å²) in [5, 5.41) is 8.22. The molecule has 0 aliphatic carbocycles. The van der Waals surface area contributed by atoms with E-state index in [2.05, 4.69) is 25.8 Å². The second-order valence-electron chi connectivity index (χ2n) is 7.81. The number of likely N-dealkylation sites (N-methyl/N-ethyl adjacent to an activating group) is 2. The van der Waals surface area contributed by atoms with Gasteiger partial charge in [-0.15, -0.1) is 11.3 Å². The lowest BCUT2D eigenvalue weighted by Crippen LogP contribution is -2.53. The summed E-state index contributed by atoms with van der Waals surface area (Å²) in [6.07, 6.45) is 0.758. The van der Waals surface area contributed by atoms with E-state index in [4.69, 9.17) is 11.6 Å². The van der Waals surface area contributed by atoms with E-state index in [1.807, 2.05) is 7.05 Å². The van der Waals surface area contributed by atoms with E-state index in [9.17, 15) is 19.2 Å². The number of hydrogen-bond donors (Lipinski definition) is 3. The molecule has 1 aromatic heterocycles. The highest BCUT2D eigenvalue weighted by Gasteiger charge is 2.27. The first-order chi connectivity index (χ1) is 15.6. The number of carbonyl (C=O) groups excluding carboxylic acids is 4. The van der Waals surface area contributed by atoms with E-state index < -0.39 is 29.7 Å². The molecule has 176 valence electrons. The molecule has 12 heteroatoms. The molecule has 3 N–H and O–H groups in total. The number of aromatic nitrogens is 1. The summed E-state index contributed by atoms with van der Waals surface area (Å²) in [7, 11) is 5.07. The summed E-state index contributed by atoms with van der Waals surface area (Å²) in [4.78, 5) is 58.6. The molecule has 0 saturated heterocycles. The Morgan fingerprint density at radius 3 is 2.55 bits per heavy atom. The van der Waals surface area contributed by atoms with E-state index in [1.54, 1.807) is 24.3 Å². The van der Waals surface area contributed by atoms with E-state index in [0.29, 0.717) is 10.7 Å². The van der Waals surface area contributed by atoms with Gasteiger partial charge in [0.1, 0.15) is 6.04 Å². The lowest BCUT2D eigenvalue weighted by atomic mass is 10.2. The molecular weight excluding hydrogens is 468 g/mol. The number of rotatable bonds is 6. The van der Waals surface area contributed by atoms with Crippen LogP contribution < -0.4 is 16.0 Å². The van der Waals surface area contributed by atoms with Gasteiger partial charge in [-0.2, -0.15) is 0 Å². The zero-order valence-corrected chi connectivity index (χ0v) is 20.0. The number of nitrogens with one attached hydrogen (secondary N) is 3. The maximum Gasteiger partial charge on any atom is 0.313 e. The van der Waals surface area contributed by atoms with Crippen LogP contribution in [0, 0.1) is 0 Å². The predicted octanol–water partition coefficient (Wildman–Crippen LogP) is 0.726. The summed E-state index contributed by atoms with van der Waals surface area (Å²) in [6.45, 7) is 1.33. The lowest BCUT2D eigenvalue weighted by molar-refractivity contribution is -0.136. The highest BCUT2D eigenvalue weighted by Crippen LogP contribution is 2.24. The Balaban J connectivity index is 1.62. The van der Waals surface area contributed by atoms with Gasteiger partial charge in [0.25, 0.3) is 5.91 Å². The van der Waals surface area contributed by atoms with Gasteiger partial charge in [0.2, 0.25) is 5.91 Å². The SMILES string of the molecule is CN1CCc2nc(C(=O)N[C@@H](CNC(=O)C(=O)Nc3ccc(Cl)cc3)C(=O)N(C)C)sc2C1. The van der Waals surface area contributed by atoms with Crippen LogP contribution in [-0.2, 0) is 27.3 Å². The zero-order valence-electron chi connectivity index (χ0n) is 18.5. The van der Waals surface area contributed by atoms with Crippen LogP contribution in [0.15, 0.2) is 24.3 Å². The fourth-order valence-corrected chi connectivity index (χ4v) is 4.37. The molecule has 1 aromatic carbocycles. The van der Waals surface area contributed by atoms with Gasteiger partial charge in [-0.1, -0.05) is 11.6 Å². The Morgan fingerprint density at radius 1 is 1.18 bits per heavy atom. The Hall–Kier alpha value is -3.02. The number of halogens is 1. The number of fused-ring (bicyclic) bond motifs is 1. The predicted molar refractivity (Wildman–Crippen MR) is 125 cm³/mol. The van der Waals surface area contributed by atoms with Crippen molar-refractivity contribution < 1.29 is 19.2 Å². The van der Waals surface area contributed by atoms with Gasteiger partial charge in [-0.25, -0.2) is 4.98 Å². The van der Waals surface area contributed by atoms with Crippen LogP contribution in [0.2, 0.25) is 5.02 Å². The normalized spacial score (nSPS) is 14.1. The number of amides is 4. The number of thiazole rings is 1. The molecule has 2 heterocycles. The van der Waals surface area contributed by atoms with Crippen molar-refractivity contribution in [2.75, 3.05) is 39.5 Å². The number of nitrogens with zero attached hydrogens (tertiary/aromatic N) is 3. The summed E-state index contributed by atoms with van der Waals surface area (Å²) in [6, 6.07) is 5.19. The molecule has 2 aromatic rings. The van der Waals surface area contributed by atoms with Gasteiger partial charge < -0.3 is 25.8 Å². The number of anilines is 1. The molecule has 0 fully saturated rings. The fraction of sp³-hybridized carbons (Fsp3) is 0.381. The third-order valence-corrected chi connectivity index (χ3v) is 6.27. The van der Waals surface area contributed by atoms with Gasteiger partial charge in [0.15, 0.2) is 5.01 Å². The molecule has 0 radical (unpaired) electrons. The molecule has 3 rings (SSSR count). The van der Waals surface area contributed by atoms with E-state index in [1.165, 1.54) is 30.3 Å². The summed E-state index contributed by atoms with van der Waals surface area (Å²) in [5.41, 5.74) is 1.29. The first-order valence-electron chi connectivity index (χ1n) is 10.2. The molecular formula is C21H25ClN6O4S. The van der Waals surface area contributed by atoms with Crippen LogP contribution in [0.5, 0.6) is 0 Å². The minimum atomic E-state index is -1.07. The summed E-state index contributed by atoms with van der Waals surface area (Å²) < 4.78 is 0. The average molecular weight is 493 g/mol. The highest BCUT2D eigenvalue weighted by molar-refractivity contribution is 7.13. The topological polar surface area (TPSA) is 124 Å². The van der Waals surface area contributed by atoms with Crippen molar-refractivity contribution in [3.05, 3.63) is 44.9 Å². The van der Waals surface area contributed by atoms with Gasteiger partial charge in [0.05, 0.1) is 5.69 Å². The largest absolute Gasteiger partial charge is 0.347 e. The Kier molecular flexibility index (Phi) is 8.01. The van der Waals surface area contributed by atoms with Gasteiger partial charge in [-0.3, -0.25) is 19.2 Å². The van der Waals surface area contributed by atoms with Crippen LogP contribution in [-0.4, -0.2) is 78.7 Å². The van der Waals surface area contributed by atoms with Crippen molar-refractivity contribution in [2.45, 2.75) is 19.0 Å². The van der Waals surface area contributed by atoms with Crippen LogP contribution >= 0.6 is 22.9 Å². The molecule has 10 nitrogen and oxygen atoms in total. The van der Waals surface area contributed by atoms with Crippen molar-refractivity contribution in [3.63, 3.8) is 0 Å². The van der Waals surface area contributed by atoms with Crippen molar-refractivity contribution in [3.8, 4) is 0 Å². The monoisotopic (exact) mass is 492 g/mol. The van der Waals surface area contributed by atoms with E-state index in [-0.39, 0.29) is 11.6 Å². The van der Waals surface area contributed by atoms with Crippen LogP contribution in [0.1, 0.15) is 20.4 Å².